The summed E-state index contributed by atoms with van der Waals surface area (Å²) in [7, 11) is 0. The average molecular weight is 345 g/mol. The van der Waals surface area contributed by atoms with Gasteiger partial charge in [-0.05, 0) is 29.8 Å². The second-order valence-corrected chi connectivity index (χ2v) is 6.21. The van der Waals surface area contributed by atoms with Crippen LogP contribution in [-0.2, 0) is 16.0 Å². The number of rotatable bonds is 6. The van der Waals surface area contributed by atoms with Crippen LogP contribution < -0.4 is 0 Å². The van der Waals surface area contributed by atoms with Crippen molar-refractivity contribution in [2.45, 2.75) is 25.7 Å². The minimum atomic E-state index is -0.339. The summed E-state index contributed by atoms with van der Waals surface area (Å²) in [6, 6.07) is 17.3. The Morgan fingerprint density at radius 1 is 1.00 bits per heavy atom. The first-order valence-electron chi connectivity index (χ1n) is 8.77. The highest BCUT2D eigenvalue weighted by Crippen LogP contribution is 2.23. The molecule has 0 heterocycles. The topological polar surface area (TPSA) is 43.4 Å². The van der Waals surface area contributed by atoms with E-state index in [9.17, 15) is 9.59 Å². The standard InChI is InChI=1S/C23H21O3/c1-2-22(16-17-6-4-3-5-7-17)26-23(25)20-10-8-18(9-11-20)19-12-14-21(24)15-13-19/h3-15,19H,2,16H2,1H3/q-1. The van der Waals surface area contributed by atoms with Gasteiger partial charge in [-0.15, -0.1) is 18.9 Å². The van der Waals surface area contributed by atoms with Gasteiger partial charge in [-0.1, -0.05) is 67.1 Å². The Kier molecular flexibility index (Phi) is 5.80. The summed E-state index contributed by atoms with van der Waals surface area (Å²) >= 11 is 0. The van der Waals surface area contributed by atoms with E-state index in [1.54, 1.807) is 24.3 Å². The normalized spacial score (nSPS) is 14.0. The van der Waals surface area contributed by atoms with E-state index in [-0.39, 0.29) is 17.7 Å². The van der Waals surface area contributed by atoms with Crippen molar-refractivity contribution < 1.29 is 14.3 Å². The molecule has 26 heavy (non-hydrogen) atoms. The third kappa shape index (κ3) is 4.57. The molecular formula is C23H21O3-. The fourth-order valence-electron chi connectivity index (χ4n) is 2.83. The number of ether oxygens (including phenoxy) is 1. The van der Waals surface area contributed by atoms with Gasteiger partial charge in [-0.2, -0.15) is 0 Å². The molecule has 0 saturated carbocycles. The van der Waals surface area contributed by atoms with Gasteiger partial charge in [0.05, 0.1) is 5.56 Å². The molecule has 2 aromatic rings. The minimum Gasteiger partial charge on any atom is -0.630 e. The van der Waals surface area contributed by atoms with Crippen molar-refractivity contribution >= 4 is 11.8 Å². The van der Waals surface area contributed by atoms with Gasteiger partial charge in [0.25, 0.3) is 0 Å². The maximum absolute atomic E-state index is 12.4. The number of ketones is 1. The van der Waals surface area contributed by atoms with Crippen LogP contribution in [0, 0.1) is 6.10 Å². The quantitative estimate of drug-likeness (QED) is 0.557. The van der Waals surface area contributed by atoms with Gasteiger partial charge < -0.3 is 4.74 Å². The lowest BCUT2D eigenvalue weighted by Gasteiger charge is -2.30. The molecule has 1 aliphatic carbocycles. The first-order chi connectivity index (χ1) is 12.7. The summed E-state index contributed by atoms with van der Waals surface area (Å²) in [5.74, 6) is -0.273. The van der Waals surface area contributed by atoms with Gasteiger partial charge in [-0.3, -0.25) is 4.79 Å². The Bertz CT molecular complexity index is 800. The van der Waals surface area contributed by atoms with Crippen LogP contribution in [0.25, 0.3) is 0 Å². The first kappa shape index (κ1) is 17.9. The highest BCUT2D eigenvalue weighted by molar-refractivity contribution is 6.00. The molecule has 3 nitrogen and oxygen atoms in total. The lowest BCUT2D eigenvalue weighted by Crippen LogP contribution is -2.13. The van der Waals surface area contributed by atoms with Crippen molar-refractivity contribution in [3.05, 3.63) is 102 Å². The van der Waals surface area contributed by atoms with Crippen LogP contribution in [0.5, 0.6) is 0 Å². The number of allylic oxidation sites excluding steroid dienone is 4. The molecule has 0 radical (unpaired) electrons. The van der Waals surface area contributed by atoms with E-state index >= 15 is 0 Å². The van der Waals surface area contributed by atoms with Crippen molar-refractivity contribution in [2.75, 3.05) is 0 Å². The average Bonchev–Trinajstić information content (AvgIpc) is 2.69. The zero-order valence-corrected chi connectivity index (χ0v) is 14.7. The van der Waals surface area contributed by atoms with Gasteiger partial charge in [0.1, 0.15) is 0 Å². The predicted molar refractivity (Wildman–Crippen MR) is 102 cm³/mol. The monoisotopic (exact) mass is 345 g/mol. The third-order valence-electron chi connectivity index (χ3n) is 4.34. The van der Waals surface area contributed by atoms with E-state index in [1.807, 2.05) is 61.5 Å². The van der Waals surface area contributed by atoms with E-state index in [0.29, 0.717) is 18.4 Å². The summed E-state index contributed by atoms with van der Waals surface area (Å²) in [4.78, 5) is 23.6. The number of benzene rings is 2. The van der Waals surface area contributed by atoms with E-state index in [0.717, 1.165) is 17.2 Å². The molecule has 0 bridgehead atoms. The highest BCUT2D eigenvalue weighted by Gasteiger charge is 2.11. The molecule has 0 amide bonds. The van der Waals surface area contributed by atoms with Crippen molar-refractivity contribution in [3.63, 3.8) is 0 Å². The fraction of sp³-hybridized carbons (Fsp3) is 0.174. The van der Waals surface area contributed by atoms with Crippen LogP contribution >= 0.6 is 0 Å². The van der Waals surface area contributed by atoms with Crippen molar-refractivity contribution in [1.29, 1.82) is 0 Å². The van der Waals surface area contributed by atoms with E-state index in [4.69, 9.17) is 4.74 Å². The van der Waals surface area contributed by atoms with Crippen LogP contribution in [-0.4, -0.2) is 11.8 Å². The number of carbonyl (C=O) groups excluding carboxylic acids is 2. The molecule has 1 aliphatic rings. The Morgan fingerprint density at radius 3 is 2.27 bits per heavy atom. The zero-order valence-electron chi connectivity index (χ0n) is 14.7. The number of carbonyl (C=O) groups is 2. The van der Waals surface area contributed by atoms with Crippen LogP contribution in [0.1, 0.15) is 40.7 Å². The molecule has 3 heteroatoms. The first-order valence-corrected chi connectivity index (χ1v) is 8.77. The summed E-state index contributed by atoms with van der Waals surface area (Å²) in [5.41, 5.74) is 2.68. The van der Waals surface area contributed by atoms with Crippen molar-refractivity contribution in [2.24, 2.45) is 0 Å². The van der Waals surface area contributed by atoms with E-state index in [1.165, 1.54) is 0 Å². The molecule has 0 aromatic heterocycles. The number of hydrogen-bond donors (Lipinski definition) is 0. The van der Waals surface area contributed by atoms with Crippen molar-refractivity contribution in [3.8, 4) is 0 Å². The molecule has 0 unspecified atom stereocenters. The molecule has 2 aromatic carbocycles. The van der Waals surface area contributed by atoms with Crippen LogP contribution in [0.3, 0.4) is 0 Å². The van der Waals surface area contributed by atoms with Gasteiger partial charge in [0, 0.05) is 5.92 Å². The summed E-state index contributed by atoms with van der Waals surface area (Å²) in [6.07, 6.45) is 8.92. The molecule has 0 aliphatic heterocycles. The Balaban J connectivity index is 1.63. The Labute approximate surface area is 154 Å². The zero-order chi connectivity index (χ0) is 18.4. The van der Waals surface area contributed by atoms with Crippen molar-refractivity contribution in [1.82, 2.24) is 0 Å². The summed E-state index contributed by atoms with van der Waals surface area (Å²) in [6.45, 7) is 1.98. The molecule has 132 valence electrons. The van der Waals surface area contributed by atoms with Crippen LogP contribution in [0.4, 0.5) is 0 Å². The Morgan fingerprint density at radius 2 is 1.65 bits per heavy atom. The van der Waals surface area contributed by atoms with Gasteiger partial charge in [0.15, 0.2) is 5.78 Å². The molecule has 0 spiro atoms. The van der Waals surface area contributed by atoms with E-state index in [2.05, 4.69) is 0 Å². The molecule has 3 rings (SSSR count). The molecule has 0 N–H and O–H groups in total. The van der Waals surface area contributed by atoms with Gasteiger partial charge in [-0.25, -0.2) is 4.79 Å². The third-order valence-corrected chi connectivity index (χ3v) is 4.34. The molecule has 0 atom stereocenters. The van der Waals surface area contributed by atoms with Crippen LogP contribution in [0.2, 0.25) is 0 Å². The lowest BCUT2D eigenvalue weighted by molar-refractivity contribution is -0.110. The second-order valence-electron chi connectivity index (χ2n) is 6.21. The molecule has 0 saturated heterocycles. The van der Waals surface area contributed by atoms with Gasteiger partial charge in [0.2, 0.25) is 0 Å². The summed E-state index contributed by atoms with van der Waals surface area (Å²) in [5, 5.41) is 0. The maximum atomic E-state index is 12.4. The summed E-state index contributed by atoms with van der Waals surface area (Å²) < 4.78 is 5.59. The number of esters is 1. The molecule has 0 fully saturated rings. The molecular weight excluding hydrogens is 324 g/mol. The minimum absolute atomic E-state index is 0.00231. The fourth-order valence-corrected chi connectivity index (χ4v) is 2.83. The number of hydrogen-bond acceptors (Lipinski definition) is 3. The van der Waals surface area contributed by atoms with Gasteiger partial charge >= 0.3 is 5.97 Å². The smallest absolute Gasteiger partial charge is 0.306 e. The second kappa shape index (κ2) is 8.43. The largest absolute Gasteiger partial charge is 0.630 e. The maximum Gasteiger partial charge on any atom is 0.306 e. The van der Waals surface area contributed by atoms with E-state index < -0.39 is 0 Å². The predicted octanol–water partition coefficient (Wildman–Crippen LogP) is 4.81. The Hall–Kier alpha value is -2.94. The SMILES string of the molecule is CC[C-](Cc1ccccc1)OC(=O)c1ccc(C2C=CC(=O)C=C2)cc1. The highest BCUT2D eigenvalue weighted by atomic mass is 16.5. The lowest BCUT2D eigenvalue weighted by atomic mass is 9.94. The van der Waals surface area contributed by atoms with Crippen LogP contribution in [0.15, 0.2) is 78.9 Å².